The third-order valence-corrected chi connectivity index (χ3v) is 2.29. The molecule has 16 heavy (non-hydrogen) atoms. The lowest BCUT2D eigenvalue weighted by Crippen LogP contribution is -2.12. The number of nitrogens with zero attached hydrogens (tertiary/aromatic N) is 1. The van der Waals surface area contributed by atoms with Crippen molar-refractivity contribution in [1.82, 2.24) is 4.98 Å². The summed E-state index contributed by atoms with van der Waals surface area (Å²) in [5.74, 6) is 0. The lowest BCUT2D eigenvalue weighted by Gasteiger charge is -1.99. The fourth-order valence-electron chi connectivity index (χ4n) is 1.49. The Kier molecular flexibility index (Phi) is 2.86. The molecule has 1 aromatic heterocycles. The Morgan fingerprint density at radius 2 is 2.06 bits per heavy atom. The molecule has 0 atom stereocenters. The summed E-state index contributed by atoms with van der Waals surface area (Å²) in [6.45, 7) is 3.96. The van der Waals surface area contributed by atoms with Crippen LogP contribution in [0.4, 0.5) is 0 Å². The van der Waals surface area contributed by atoms with Gasteiger partial charge in [0, 0.05) is 17.8 Å². The number of nitrogens with one attached hydrogen (secondary N) is 1. The number of aliphatic imine (C=N–C) groups is 1. The van der Waals surface area contributed by atoms with Crippen LogP contribution in [0.15, 0.2) is 40.1 Å². The van der Waals surface area contributed by atoms with E-state index in [0.29, 0.717) is 5.56 Å². The van der Waals surface area contributed by atoms with E-state index in [1.807, 2.05) is 44.2 Å². The molecular formula is C13H14N2O. The summed E-state index contributed by atoms with van der Waals surface area (Å²) < 4.78 is 0. The van der Waals surface area contributed by atoms with E-state index in [2.05, 4.69) is 9.98 Å². The molecule has 0 saturated carbocycles. The first-order valence-corrected chi connectivity index (χ1v) is 5.32. The lowest BCUT2D eigenvalue weighted by atomic mass is 10.2. The molecule has 3 heteroatoms. The third-order valence-electron chi connectivity index (χ3n) is 2.29. The van der Waals surface area contributed by atoms with Crippen LogP contribution in [-0.4, -0.2) is 17.2 Å². The van der Waals surface area contributed by atoms with Gasteiger partial charge in [-0.2, -0.15) is 0 Å². The summed E-state index contributed by atoms with van der Waals surface area (Å²) in [4.78, 5) is 18.8. The second-order valence-corrected chi connectivity index (χ2v) is 4.01. The first-order valence-electron chi connectivity index (χ1n) is 5.32. The second-order valence-electron chi connectivity index (χ2n) is 4.01. The number of fused-ring (bicyclic) bond motifs is 1. The summed E-state index contributed by atoms with van der Waals surface area (Å²) >= 11 is 0. The Morgan fingerprint density at radius 3 is 2.81 bits per heavy atom. The Morgan fingerprint density at radius 1 is 1.31 bits per heavy atom. The highest BCUT2D eigenvalue weighted by Crippen LogP contribution is 2.09. The van der Waals surface area contributed by atoms with Gasteiger partial charge in [-0.15, -0.1) is 0 Å². The number of H-pyrrole nitrogens is 1. The van der Waals surface area contributed by atoms with Gasteiger partial charge in [-0.1, -0.05) is 18.2 Å². The van der Waals surface area contributed by atoms with Crippen LogP contribution < -0.4 is 5.56 Å². The average molecular weight is 214 g/mol. The van der Waals surface area contributed by atoms with Crippen LogP contribution in [0.3, 0.4) is 0 Å². The standard InChI is InChI=1S/C13H14N2O/c1-9(2)14-8-11-7-10-5-3-4-6-12(10)15-13(11)16/h3-9H,1-2H3,(H,15,16). The van der Waals surface area contributed by atoms with Crippen molar-refractivity contribution in [3.63, 3.8) is 0 Å². The van der Waals surface area contributed by atoms with E-state index in [9.17, 15) is 4.79 Å². The van der Waals surface area contributed by atoms with Gasteiger partial charge < -0.3 is 4.98 Å². The molecule has 0 radical (unpaired) electrons. The number of aromatic nitrogens is 1. The topological polar surface area (TPSA) is 45.2 Å². The normalized spacial score (nSPS) is 11.7. The van der Waals surface area contributed by atoms with Gasteiger partial charge in [0.2, 0.25) is 0 Å². The van der Waals surface area contributed by atoms with Gasteiger partial charge >= 0.3 is 0 Å². The second kappa shape index (κ2) is 4.31. The Hall–Kier alpha value is -1.90. The van der Waals surface area contributed by atoms with Crippen molar-refractivity contribution in [3.8, 4) is 0 Å². The van der Waals surface area contributed by atoms with Gasteiger partial charge in [0.15, 0.2) is 0 Å². The molecule has 1 heterocycles. The van der Waals surface area contributed by atoms with Gasteiger partial charge in [0.25, 0.3) is 5.56 Å². The highest BCUT2D eigenvalue weighted by atomic mass is 16.1. The largest absolute Gasteiger partial charge is 0.321 e. The Labute approximate surface area is 93.8 Å². The SMILES string of the molecule is CC(C)N=Cc1cc2ccccc2[nH]c1=O. The number of para-hydroxylation sites is 1. The van der Waals surface area contributed by atoms with Crippen LogP contribution in [0, 0.1) is 0 Å². The van der Waals surface area contributed by atoms with Crippen LogP contribution in [0.1, 0.15) is 19.4 Å². The highest BCUT2D eigenvalue weighted by Gasteiger charge is 1.99. The highest BCUT2D eigenvalue weighted by molar-refractivity contribution is 5.87. The minimum atomic E-state index is -0.0944. The number of hydrogen-bond donors (Lipinski definition) is 1. The minimum Gasteiger partial charge on any atom is -0.321 e. The van der Waals surface area contributed by atoms with Crippen LogP contribution in [0.2, 0.25) is 0 Å². The third kappa shape index (κ3) is 2.19. The van der Waals surface area contributed by atoms with E-state index in [0.717, 1.165) is 10.9 Å². The van der Waals surface area contributed by atoms with Crippen molar-refractivity contribution >= 4 is 17.1 Å². The van der Waals surface area contributed by atoms with E-state index in [4.69, 9.17) is 0 Å². The molecule has 0 unspecified atom stereocenters. The van der Waals surface area contributed by atoms with Crippen molar-refractivity contribution in [2.45, 2.75) is 19.9 Å². The van der Waals surface area contributed by atoms with Gasteiger partial charge in [0.1, 0.15) is 0 Å². The molecule has 2 aromatic rings. The predicted molar refractivity (Wildman–Crippen MR) is 67.3 cm³/mol. The Balaban J connectivity index is 2.54. The van der Waals surface area contributed by atoms with Gasteiger partial charge in [-0.05, 0) is 31.4 Å². The molecule has 0 saturated heterocycles. The van der Waals surface area contributed by atoms with E-state index in [1.54, 1.807) is 6.21 Å². The molecule has 0 bridgehead atoms. The maximum Gasteiger partial charge on any atom is 0.257 e. The van der Waals surface area contributed by atoms with Crippen molar-refractivity contribution < 1.29 is 0 Å². The summed E-state index contributed by atoms with van der Waals surface area (Å²) in [7, 11) is 0. The van der Waals surface area contributed by atoms with Crippen LogP contribution in [0.25, 0.3) is 10.9 Å². The van der Waals surface area contributed by atoms with Crippen molar-refractivity contribution in [1.29, 1.82) is 0 Å². The lowest BCUT2D eigenvalue weighted by molar-refractivity contribution is 0.841. The summed E-state index contributed by atoms with van der Waals surface area (Å²) in [6.07, 6.45) is 1.63. The van der Waals surface area contributed by atoms with E-state index < -0.39 is 0 Å². The van der Waals surface area contributed by atoms with E-state index >= 15 is 0 Å². The molecule has 0 aliphatic heterocycles. The number of rotatable bonds is 2. The molecule has 0 aliphatic carbocycles. The van der Waals surface area contributed by atoms with Crippen LogP contribution in [0.5, 0.6) is 0 Å². The number of benzene rings is 1. The summed E-state index contributed by atoms with van der Waals surface area (Å²) in [5.41, 5.74) is 1.37. The van der Waals surface area contributed by atoms with Crippen LogP contribution in [-0.2, 0) is 0 Å². The molecule has 0 spiro atoms. The number of aromatic amines is 1. The average Bonchev–Trinajstić information content (AvgIpc) is 2.26. The van der Waals surface area contributed by atoms with Crippen LogP contribution >= 0.6 is 0 Å². The zero-order valence-electron chi connectivity index (χ0n) is 9.40. The molecule has 0 aliphatic rings. The quantitative estimate of drug-likeness (QED) is 0.766. The number of pyridine rings is 1. The van der Waals surface area contributed by atoms with Gasteiger partial charge in [-0.25, -0.2) is 0 Å². The molecule has 1 N–H and O–H groups in total. The zero-order chi connectivity index (χ0) is 11.5. The summed E-state index contributed by atoms with van der Waals surface area (Å²) in [5, 5.41) is 1.02. The molecule has 1 aromatic carbocycles. The van der Waals surface area contributed by atoms with Crippen molar-refractivity contribution in [2.24, 2.45) is 4.99 Å². The van der Waals surface area contributed by atoms with Crippen molar-refractivity contribution in [3.05, 3.63) is 46.2 Å². The molecule has 3 nitrogen and oxygen atoms in total. The monoisotopic (exact) mass is 214 g/mol. The maximum atomic E-state index is 11.7. The first kappa shape index (κ1) is 10.6. The minimum absolute atomic E-state index is 0.0944. The zero-order valence-corrected chi connectivity index (χ0v) is 9.40. The van der Waals surface area contributed by atoms with Gasteiger partial charge in [-0.3, -0.25) is 9.79 Å². The fraction of sp³-hybridized carbons (Fsp3) is 0.231. The molecule has 0 amide bonds. The molecule has 0 fully saturated rings. The predicted octanol–water partition coefficient (Wildman–Crippen LogP) is 2.36. The smallest absolute Gasteiger partial charge is 0.257 e. The molecule has 2 rings (SSSR count). The fourth-order valence-corrected chi connectivity index (χ4v) is 1.49. The molecular weight excluding hydrogens is 200 g/mol. The van der Waals surface area contributed by atoms with E-state index in [-0.39, 0.29) is 11.6 Å². The van der Waals surface area contributed by atoms with E-state index in [1.165, 1.54) is 0 Å². The summed E-state index contributed by atoms with van der Waals surface area (Å²) in [6, 6.07) is 9.77. The first-order chi connectivity index (χ1) is 7.66. The van der Waals surface area contributed by atoms with Crippen molar-refractivity contribution in [2.75, 3.05) is 0 Å². The Bertz CT molecular complexity index is 582. The van der Waals surface area contributed by atoms with Gasteiger partial charge in [0.05, 0.1) is 5.56 Å². The molecule has 82 valence electrons. The maximum absolute atomic E-state index is 11.7. The number of hydrogen-bond acceptors (Lipinski definition) is 2.